The van der Waals surface area contributed by atoms with Gasteiger partial charge in [-0.05, 0) is 43.0 Å². The van der Waals surface area contributed by atoms with E-state index in [-0.39, 0.29) is 17.8 Å². The minimum Gasteiger partial charge on any atom is -0.355 e. The summed E-state index contributed by atoms with van der Waals surface area (Å²) in [6.07, 6.45) is 1.84. The Morgan fingerprint density at radius 2 is 2.35 bits per heavy atom. The molecule has 1 aromatic carbocycles. The maximum Gasteiger partial charge on any atom is 0.237 e. The number of carbonyl (C=O) groups excluding carboxylic acids is 1. The molecule has 1 saturated heterocycles. The summed E-state index contributed by atoms with van der Waals surface area (Å²) in [4.78, 5) is 11.5. The standard InChI is InChI=1S/C13H17FN2O/c1-9-4-5-11(14)7-10(9)8-16-12-3-2-6-15-13(12)17/h4-5,7,12,16H,2-3,6,8H2,1H3,(H,15,17). The van der Waals surface area contributed by atoms with Crippen molar-refractivity contribution in [2.24, 2.45) is 0 Å². The molecule has 17 heavy (non-hydrogen) atoms. The Bertz CT molecular complexity index is 420. The molecule has 92 valence electrons. The van der Waals surface area contributed by atoms with E-state index in [0.717, 1.165) is 30.5 Å². The van der Waals surface area contributed by atoms with Crippen LogP contribution in [0, 0.1) is 12.7 Å². The summed E-state index contributed by atoms with van der Waals surface area (Å²) in [5.41, 5.74) is 1.94. The lowest BCUT2D eigenvalue weighted by atomic mass is 10.0. The molecular formula is C13H17FN2O. The first-order valence-electron chi connectivity index (χ1n) is 5.93. The molecule has 1 aromatic rings. The van der Waals surface area contributed by atoms with E-state index in [0.29, 0.717) is 6.54 Å². The molecule has 0 bridgehead atoms. The van der Waals surface area contributed by atoms with Gasteiger partial charge < -0.3 is 10.6 Å². The molecule has 1 aliphatic rings. The van der Waals surface area contributed by atoms with Crippen molar-refractivity contribution in [3.05, 3.63) is 35.1 Å². The number of benzene rings is 1. The van der Waals surface area contributed by atoms with Crippen LogP contribution in [0.4, 0.5) is 4.39 Å². The molecule has 2 rings (SSSR count). The van der Waals surface area contributed by atoms with E-state index in [1.165, 1.54) is 12.1 Å². The van der Waals surface area contributed by atoms with Gasteiger partial charge in [-0.2, -0.15) is 0 Å². The average Bonchev–Trinajstić information content (AvgIpc) is 2.32. The van der Waals surface area contributed by atoms with Crippen molar-refractivity contribution in [1.82, 2.24) is 10.6 Å². The van der Waals surface area contributed by atoms with Gasteiger partial charge in [0.15, 0.2) is 0 Å². The molecule has 4 heteroatoms. The Hall–Kier alpha value is -1.42. The van der Waals surface area contributed by atoms with Crippen molar-refractivity contribution in [2.45, 2.75) is 32.4 Å². The van der Waals surface area contributed by atoms with Crippen molar-refractivity contribution in [3.63, 3.8) is 0 Å². The van der Waals surface area contributed by atoms with Crippen LogP contribution in [0.2, 0.25) is 0 Å². The predicted molar refractivity (Wildman–Crippen MR) is 64.0 cm³/mol. The second-order valence-electron chi connectivity index (χ2n) is 4.44. The molecule has 2 N–H and O–H groups in total. The van der Waals surface area contributed by atoms with Gasteiger partial charge in [-0.15, -0.1) is 0 Å². The van der Waals surface area contributed by atoms with E-state index in [2.05, 4.69) is 10.6 Å². The van der Waals surface area contributed by atoms with Crippen LogP contribution < -0.4 is 10.6 Å². The highest BCUT2D eigenvalue weighted by Gasteiger charge is 2.21. The fourth-order valence-corrected chi connectivity index (χ4v) is 2.03. The zero-order valence-electron chi connectivity index (χ0n) is 9.92. The van der Waals surface area contributed by atoms with Crippen LogP contribution in [0.15, 0.2) is 18.2 Å². The highest BCUT2D eigenvalue weighted by Crippen LogP contribution is 2.11. The molecule has 0 saturated carbocycles. The molecular weight excluding hydrogens is 219 g/mol. The summed E-state index contributed by atoms with van der Waals surface area (Å²) < 4.78 is 13.1. The van der Waals surface area contributed by atoms with Crippen LogP contribution in [-0.2, 0) is 11.3 Å². The third kappa shape index (κ3) is 3.03. The summed E-state index contributed by atoms with van der Waals surface area (Å²) in [5, 5.41) is 6.00. The number of aryl methyl sites for hydroxylation is 1. The Morgan fingerprint density at radius 1 is 1.53 bits per heavy atom. The first kappa shape index (κ1) is 12.0. The third-order valence-electron chi connectivity index (χ3n) is 3.14. The van der Waals surface area contributed by atoms with Crippen LogP contribution in [0.25, 0.3) is 0 Å². The number of nitrogens with one attached hydrogen (secondary N) is 2. The topological polar surface area (TPSA) is 41.1 Å². The molecule has 1 fully saturated rings. The zero-order valence-corrected chi connectivity index (χ0v) is 9.92. The Morgan fingerprint density at radius 3 is 3.12 bits per heavy atom. The van der Waals surface area contributed by atoms with Crippen LogP contribution in [0.5, 0.6) is 0 Å². The number of amides is 1. The summed E-state index contributed by atoms with van der Waals surface area (Å²) in [6, 6.07) is 4.58. The number of hydrogen-bond donors (Lipinski definition) is 2. The smallest absolute Gasteiger partial charge is 0.237 e. The van der Waals surface area contributed by atoms with Crippen molar-refractivity contribution in [2.75, 3.05) is 6.54 Å². The number of halogens is 1. The van der Waals surface area contributed by atoms with Gasteiger partial charge in [-0.1, -0.05) is 6.07 Å². The minimum atomic E-state index is -0.236. The van der Waals surface area contributed by atoms with Crippen molar-refractivity contribution < 1.29 is 9.18 Å². The van der Waals surface area contributed by atoms with E-state index in [1.807, 2.05) is 6.92 Å². The van der Waals surface area contributed by atoms with Crippen molar-refractivity contribution in [1.29, 1.82) is 0 Å². The number of carbonyl (C=O) groups is 1. The fourth-order valence-electron chi connectivity index (χ4n) is 2.03. The van der Waals surface area contributed by atoms with Gasteiger partial charge in [0.05, 0.1) is 6.04 Å². The van der Waals surface area contributed by atoms with Crippen LogP contribution in [0.1, 0.15) is 24.0 Å². The summed E-state index contributed by atoms with van der Waals surface area (Å²) >= 11 is 0. The molecule has 1 atom stereocenters. The second-order valence-corrected chi connectivity index (χ2v) is 4.44. The SMILES string of the molecule is Cc1ccc(F)cc1CNC1CCCNC1=O. The van der Waals surface area contributed by atoms with Gasteiger partial charge in [-0.3, -0.25) is 4.79 Å². The lowest BCUT2D eigenvalue weighted by molar-refractivity contribution is -0.124. The zero-order chi connectivity index (χ0) is 12.3. The van der Waals surface area contributed by atoms with Crippen LogP contribution in [-0.4, -0.2) is 18.5 Å². The highest BCUT2D eigenvalue weighted by atomic mass is 19.1. The average molecular weight is 236 g/mol. The second kappa shape index (κ2) is 5.27. The summed E-state index contributed by atoms with van der Waals surface area (Å²) in [6.45, 7) is 3.23. The first-order valence-corrected chi connectivity index (χ1v) is 5.93. The van der Waals surface area contributed by atoms with Crippen LogP contribution in [0.3, 0.4) is 0 Å². The molecule has 0 radical (unpaired) electrons. The maximum absolute atomic E-state index is 13.1. The molecule has 1 heterocycles. The van der Waals surface area contributed by atoms with Gasteiger partial charge in [0.1, 0.15) is 5.82 Å². The van der Waals surface area contributed by atoms with Gasteiger partial charge >= 0.3 is 0 Å². The Balaban J connectivity index is 1.97. The van der Waals surface area contributed by atoms with Gasteiger partial charge in [0, 0.05) is 13.1 Å². The molecule has 0 spiro atoms. The number of piperidine rings is 1. The first-order chi connectivity index (χ1) is 8.16. The molecule has 1 unspecified atom stereocenters. The maximum atomic E-state index is 13.1. The largest absolute Gasteiger partial charge is 0.355 e. The number of rotatable bonds is 3. The van der Waals surface area contributed by atoms with E-state index in [1.54, 1.807) is 6.07 Å². The predicted octanol–water partition coefficient (Wildman–Crippen LogP) is 1.50. The summed E-state index contributed by atoms with van der Waals surface area (Å²) in [5.74, 6) is -0.189. The Kier molecular flexibility index (Phi) is 3.74. The van der Waals surface area contributed by atoms with Crippen LogP contribution >= 0.6 is 0 Å². The molecule has 0 aromatic heterocycles. The molecule has 0 aliphatic carbocycles. The minimum absolute atomic E-state index is 0.0466. The highest BCUT2D eigenvalue weighted by molar-refractivity contribution is 5.82. The van der Waals surface area contributed by atoms with Gasteiger partial charge in [0.25, 0.3) is 0 Å². The molecule has 3 nitrogen and oxygen atoms in total. The fraction of sp³-hybridized carbons (Fsp3) is 0.462. The van der Waals surface area contributed by atoms with Crippen molar-refractivity contribution >= 4 is 5.91 Å². The molecule has 1 aliphatic heterocycles. The third-order valence-corrected chi connectivity index (χ3v) is 3.14. The van der Waals surface area contributed by atoms with E-state index >= 15 is 0 Å². The summed E-state index contributed by atoms with van der Waals surface area (Å²) in [7, 11) is 0. The lowest BCUT2D eigenvalue weighted by Crippen LogP contribution is -2.47. The van der Waals surface area contributed by atoms with Gasteiger partial charge in [0.2, 0.25) is 5.91 Å². The van der Waals surface area contributed by atoms with E-state index < -0.39 is 0 Å². The van der Waals surface area contributed by atoms with Crippen molar-refractivity contribution in [3.8, 4) is 0 Å². The normalized spacial score (nSPS) is 20.1. The lowest BCUT2D eigenvalue weighted by Gasteiger charge is -2.23. The Labute approximate surface area is 100 Å². The van der Waals surface area contributed by atoms with Gasteiger partial charge in [-0.25, -0.2) is 4.39 Å². The number of hydrogen-bond acceptors (Lipinski definition) is 2. The quantitative estimate of drug-likeness (QED) is 0.835. The van der Waals surface area contributed by atoms with E-state index in [4.69, 9.17) is 0 Å². The monoisotopic (exact) mass is 236 g/mol. The van der Waals surface area contributed by atoms with E-state index in [9.17, 15) is 9.18 Å². The molecule has 1 amide bonds.